The van der Waals surface area contributed by atoms with E-state index in [1.165, 1.54) is 0 Å². The molecule has 2 aromatic rings. The van der Waals surface area contributed by atoms with Crippen molar-refractivity contribution in [3.8, 4) is 0 Å². The lowest BCUT2D eigenvalue weighted by Crippen LogP contribution is -2.36. The molecule has 2 heterocycles. The molecule has 0 aliphatic carbocycles. The van der Waals surface area contributed by atoms with Gasteiger partial charge >= 0.3 is 0 Å². The number of halogens is 1. The van der Waals surface area contributed by atoms with Crippen molar-refractivity contribution >= 4 is 29.1 Å². The van der Waals surface area contributed by atoms with Crippen LogP contribution in [0.4, 0.5) is 5.69 Å². The number of aryl methyl sites for hydroxylation is 1. The fourth-order valence-electron chi connectivity index (χ4n) is 3.14. The largest absolute Gasteiger partial charge is 0.345 e. The van der Waals surface area contributed by atoms with Gasteiger partial charge in [0.05, 0.1) is 5.92 Å². The second-order valence-corrected chi connectivity index (χ2v) is 7.11. The highest BCUT2D eigenvalue weighted by Gasteiger charge is 2.36. The maximum absolute atomic E-state index is 12.7. The van der Waals surface area contributed by atoms with Crippen molar-refractivity contribution in [1.82, 2.24) is 9.88 Å². The van der Waals surface area contributed by atoms with Crippen LogP contribution in [-0.2, 0) is 16.0 Å². The molecule has 136 valence electrons. The van der Waals surface area contributed by atoms with Crippen LogP contribution in [0.15, 0.2) is 42.7 Å². The average molecular weight is 372 g/mol. The number of likely N-dealkylation sites (N-methyl/N-ethyl adjacent to an activating group) is 1. The van der Waals surface area contributed by atoms with Crippen LogP contribution in [-0.4, -0.2) is 41.8 Å². The average Bonchev–Trinajstić information content (AvgIpc) is 3.04. The summed E-state index contributed by atoms with van der Waals surface area (Å²) in [6.07, 6.45) is 4.50. The summed E-state index contributed by atoms with van der Waals surface area (Å²) in [6.45, 7) is 2.93. The Morgan fingerprint density at radius 1 is 1.31 bits per heavy atom. The SMILES string of the molecule is Cc1ccc(N2CC(C(=O)N(C)CCc3ccncc3)CC2=O)cc1Cl. The van der Waals surface area contributed by atoms with Crippen LogP contribution >= 0.6 is 11.6 Å². The van der Waals surface area contributed by atoms with Crippen molar-refractivity contribution in [1.29, 1.82) is 0 Å². The first-order valence-corrected chi connectivity index (χ1v) is 9.04. The zero-order chi connectivity index (χ0) is 18.7. The monoisotopic (exact) mass is 371 g/mol. The molecular weight excluding hydrogens is 350 g/mol. The molecule has 1 aliphatic rings. The molecular formula is C20H22ClN3O2. The van der Waals surface area contributed by atoms with Crippen LogP contribution in [0.2, 0.25) is 5.02 Å². The molecule has 1 aliphatic heterocycles. The smallest absolute Gasteiger partial charge is 0.227 e. The van der Waals surface area contributed by atoms with E-state index in [0.29, 0.717) is 18.1 Å². The van der Waals surface area contributed by atoms with Gasteiger partial charge in [-0.05, 0) is 48.7 Å². The number of carbonyl (C=O) groups is 2. The first-order chi connectivity index (χ1) is 12.5. The van der Waals surface area contributed by atoms with E-state index in [1.54, 1.807) is 35.3 Å². The van der Waals surface area contributed by atoms with Crippen LogP contribution in [0.25, 0.3) is 0 Å². The zero-order valence-electron chi connectivity index (χ0n) is 15.0. The highest BCUT2D eigenvalue weighted by atomic mass is 35.5. The first kappa shape index (κ1) is 18.4. The number of carbonyl (C=O) groups excluding carboxylic acids is 2. The number of hydrogen-bond acceptors (Lipinski definition) is 3. The van der Waals surface area contributed by atoms with Crippen molar-refractivity contribution in [3.05, 3.63) is 58.9 Å². The number of hydrogen-bond donors (Lipinski definition) is 0. The highest BCUT2D eigenvalue weighted by Crippen LogP contribution is 2.29. The molecule has 1 unspecified atom stereocenters. The summed E-state index contributed by atoms with van der Waals surface area (Å²) >= 11 is 6.17. The Balaban J connectivity index is 1.61. The number of rotatable bonds is 5. The minimum absolute atomic E-state index is 0.00751. The number of pyridine rings is 1. The van der Waals surface area contributed by atoms with Gasteiger partial charge < -0.3 is 9.80 Å². The fourth-order valence-corrected chi connectivity index (χ4v) is 3.32. The minimum atomic E-state index is -0.315. The third-order valence-electron chi connectivity index (χ3n) is 4.80. The van der Waals surface area contributed by atoms with E-state index in [9.17, 15) is 9.59 Å². The molecule has 1 aromatic heterocycles. The topological polar surface area (TPSA) is 53.5 Å². The van der Waals surface area contributed by atoms with Crippen LogP contribution < -0.4 is 4.90 Å². The molecule has 0 N–H and O–H groups in total. The van der Waals surface area contributed by atoms with Crippen LogP contribution in [0, 0.1) is 12.8 Å². The lowest BCUT2D eigenvalue weighted by Gasteiger charge is -2.21. The van der Waals surface area contributed by atoms with Gasteiger partial charge in [-0.3, -0.25) is 14.6 Å². The van der Waals surface area contributed by atoms with E-state index in [-0.39, 0.29) is 24.2 Å². The normalized spacial score (nSPS) is 16.8. The predicted molar refractivity (Wildman–Crippen MR) is 102 cm³/mol. The summed E-state index contributed by atoms with van der Waals surface area (Å²) in [4.78, 5) is 32.5. The number of benzene rings is 1. The fraction of sp³-hybridized carbons (Fsp3) is 0.350. The molecule has 0 bridgehead atoms. The Hall–Kier alpha value is -2.40. The second kappa shape index (κ2) is 7.87. The van der Waals surface area contributed by atoms with E-state index in [4.69, 9.17) is 11.6 Å². The van der Waals surface area contributed by atoms with Crippen molar-refractivity contribution in [3.63, 3.8) is 0 Å². The van der Waals surface area contributed by atoms with E-state index in [2.05, 4.69) is 4.98 Å². The van der Waals surface area contributed by atoms with Gasteiger partial charge in [-0.25, -0.2) is 0 Å². The van der Waals surface area contributed by atoms with Gasteiger partial charge in [0.1, 0.15) is 0 Å². The van der Waals surface area contributed by atoms with E-state index in [0.717, 1.165) is 23.2 Å². The van der Waals surface area contributed by atoms with Gasteiger partial charge in [0, 0.05) is 49.7 Å². The van der Waals surface area contributed by atoms with E-state index in [1.807, 2.05) is 31.2 Å². The molecule has 0 spiro atoms. The Morgan fingerprint density at radius 3 is 2.73 bits per heavy atom. The maximum atomic E-state index is 12.7. The zero-order valence-corrected chi connectivity index (χ0v) is 15.7. The van der Waals surface area contributed by atoms with E-state index >= 15 is 0 Å². The van der Waals surface area contributed by atoms with Gasteiger partial charge in [-0.2, -0.15) is 0 Å². The summed E-state index contributed by atoms with van der Waals surface area (Å²) in [5, 5.41) is 0.625. The number of aromatic nitrogens is 1. The Morgan fingerprint density at radius 2 is 2.04 bits per heavy atom. The third-order valence-corrected chi connectivity index (χ3v) is 5.21. The lowest BCUT2D eigenvalue weighted by atomic mass is 10.1. The van der Waals surface area contributed by atoms with Crippen LogP contribution in [0.1, 0.15) is 17.5 Å². The maximum Gasteiger partial charge on any atom is 0.227 e. The highest BCUT2D eigenvalue weighted by molar-refractivity contribution is 6.31. The van der Waals surface area contributed by atoms with Crippen molar-refractivity contribution < 1.29 is 9.59 Å². The van der Waals surface area contributed by atoms with Gasteiger partial charge in [0.25, 0.3) is 0 Å². The van der Waals surface area contributed by atoms with Crippen LogP contribution in [0.5, 0.6) is 0 Å². The van der Waals surface area contributed by atoms with Gasteiger partial charge in [-0.1, -0.05) is 17.7 Å². The quantitative estimate of drug-likeness (QED) is 0.811. The molecule has 0 radical (unpaired) electrons. The Bertz CT molecular complexity index is 810. The number of amides is 2. The summed E-state index contributed by atoms with van der Waals surface area (Å²) in [5.41, 5.74) is 2.85. The van der Waals surface area contributed by atoms with Crippen LogP contribution in [0.3, 0.4) is 0 Å². The van der Waals surface area contributed by atoms with E-state index < -0.39 is 0 Å². The number of nitrogens with zero attached hydrogens (tertiary/aromatic N) is 3. The molecule has 1 saturated heterocycles. The standard InChI is InChI=1S/C20H22ClN3O2/c1-14-3-4-17(12-18(14)21)24-13-16(11-19(24)25)20(26)23(2)10-7-15-5-8-22-9-6-15/h3-6,8-9,12,16H,7,10-11,13H2,1-2H3. The summed E-state index contributed by atoms with van der Waals surface area (Å²) in [7, 11) is 1.79. The molecule has 26 heavy (non-hydrogen) atoms. The Labute approximate surface area is 158 Å². The molecule has 6 heteroatoms. The molecule has 0 saturated carbocycles. The molecule has 3 rings (SSSR count). The molecule has 1 atom stereocenters. The molecule has 1 aromatic carbocycles. The molecule has 2 amide bonds. The summed E-state index contributed by atoms with van der Waals surface area (Å²) < 4.78 is 0. The number of anilines is 1. The Kier molecular flexibility index (Phi) is 5.57. The van der Waals surface area contributed by atoms with Gasteiger partial charge in [0.15, 0.2) is 0 Å². The third kappa shape index (κ3) is 4.05. The van der Waals surface area contributed by atoms with Crippen molar-refractivity contribution in [2.24, 2.45) is 5.92 Å². The summed E-state index contributed by atoms with van der Waals surface area (Å²) in [5.74, 6) is -0.344. The molecule has 1 fully saturated rings. The van der Waals surface area contributed by atoms with Crippen molar-refractivity contribution in [2.45, 2.75) is 19.8 Å². The molecule has 5 nitrogen and oxygen atoms in total. The van der Waals surface area contributed by atoms with Crippen molar-refractivity contribution in [2.75, 3.05) is 25.0 Å². The van der Waals surface area contributed by atoms with Gasteiger partial charge in [0.2, 0.25) is 11.8 Å². The van der Waals surface area contributed by atoms with Gasteiger partial charge in [-0.15, -0.1) is 0 Å². The second-order valence-electron chi connectivity index (χ2n) is 6.70. The minimum Gasteiger partial charge on any atom is -0.345 e. The predicted octanol–water partition coefficient (Wildman–Crippen LogP) is 3.10. The summed E-state index contributed by atoms with van der Waals surface area (Å²) in [6, 6.07) is 9.44. The lowest BCUT2D eigenvalue weighted by molar-refractivity contribution is -0.134. The first-order valence-electron chi connectivity index (χ1n) is 8.66.